The van der Waals surface area contributed by atoms with Crippen molar-refractivity contribution in [3.63, 3.8) is 0 Å². The molecule has 6 nitrogen and oxygen atoms in total. The smallest absolute Gasteiger partial charge is 0.411 e. The summed E-state index contributed by atoms with van der Waals surface area (Å²) < 4.78 is 4.63. The van der Waals surface area contributed by atoms with Crippen LogP contribution in [0.2, 0.25) is 0 Å². The highest BCUT2D eigenvalue weighted by molar-refractivity contribution is 5.93. The maximum Gasteiger partial charge on any atom is 0.411 e. The van der Waals surface area contributed by atoms with Crippen molar-refractivity contribution in [3.05, 3.63) is 23.3 Å². The molecule has 21 heavy (non-hydrogen) atoms. The summed E-state index contributed by atoms with van der Waals surface area (Å²) in [5.74, 6) is 1.31. The van der Waals surface area contributed by atoms with Gasteiger partial charge >= 0.3 is 6.09 Å². The number of anilines is 1. The van der Waals surface area contributed by atoms with Gasteiger partial charge in [-0.05, 0) is 36.5 Å². The number of amides is 1. The molecule has 0 aromatic heterocycles. The zero-order valence-corrected chi connectivity index (χ0v) is 12.0. The van der Waals surface area contributed by atoms with Crippen LogP contribution >= 0.6 is 0 Å². The molecule has 0 radical (unpaired) electrons. The lowest BCUT2D eigenvalue weighted by Crippen LogP contribution is -2.28. The van der Waals surface area contributed by atoms with E-state index in [4.69, 9.17) is 0 Å². The van der Waals surface area contributed by atoms with Crippen molar-refractivity contribution in [2.24, 2.45) is 4.99 Å². The second kappa shape index (κ2) is 5.63. The van der Waals surface area contributed by atoms with Crippen LogP contribution in [-0.2, 0) is 11.2 Å². The average Bonchev–Trinajstić information content (AvgIpc) is 3.03. The molecule has 1 aliphatic carbocycles. The molecule has 1 aliphatic heterocycles. The first-order valence-electron chi connectivity index (χ1n) is 7.18. The van der Waals surface area contributed by atoms with E-state index in [9.17, 15) is 9.90 Å². The van der Waals surface area contributed by atoms with Gasteiger partial charge < -0.3 is 15.2 Å². The van der Waals surface area contributed by atoms with Gasteiger partial charge in [0.25, 0.3) is 0 Å². The Hall–Kier alpha value is -2.24. The minimum atomic E-state index is -0.572. The molecule has 1 aromatic rings. The molecule has 1 aromatic carbocycles. The predicted octanol–water partition coefficient (Wildman–Crippen LogP) is 1.99. The SMILES string of the molecule is COC(=O)Nc1c(O)ccc2c1CCCC2C1=NCCN1. The van der Waals surface area contributed by atoms with E-state index in [0.29, 0.717) is 5.69 Å². The summed E-state index contributed by atoms with van der Waals surface area (Å²) in [4.78, 5) is 16.0. The van der Waals surface area contributed by atoms with E-state index in [1.54, 1.807) is 6.07 Å². The molecule has 112 valence electrons. The molecule has 3 N–H and O–H groups in total. The monoisotopic (exact) mass is 289 g/mol. The summed E-state index contributed by atoms with van der Waals surface area (Å²) in [7, 11) is 1.31. The summed E-state index contributed by atoms with van der Waals surface area (Å²) in [5, 5.41) is 16.0. The number of aliphatic imine (C=N–C) groups is 1. The third-order valence-corrected chi connectivity index (χ3v) is 4.06. The van der Waals surface area contributed by atoms with Crippen LogP contribution in [0.15, 0.2) is 17.1 Å². The maximum absolute atomic E-state index is 11.5. The fraction of sp³-hybridized carbons (Fsp3) is 0.467. The molecule has 1 heterocycles. The fourth-order valence-corrected chi connectivity index (χ4v) is 3.11. The highest BCUT2D eigenvalue weighted by atomic mass is 16.5. The lowest BCUT2D eigenvalue weighted by molar-refractivity contribution is 0.186. The van der Waals surface area contributed by atoms with E-state index in [1.807, 2.05) is 6.07 Å². The Morgan fingerprint density at radius 1 is 1.52 bits per heavy atom. The Kier molecular flexibility index (Phi) is 3.68. The molecular weight excluding hydrogens is 270 g/mol. The van der Waals surface area contributed by atoms with E-state index >= 15 is 0 Å². The van der Waals surface area contributed by atoms with Crippen molar-refractivity contribution < 1.29 is 14.6 Å². The average molecular weight is 289 g/mol. The number of nitrogens with zero attached hydrogens (tertiary/aromatic N) is 1. The van der Waals surface area contributed by atoms with Gasteiger partial charge in [-0.1, -0.05) is 6.07 Å². The summed E-state index contributed by atoms with van der Waals surface area (Å²) in [6.07, 6.45) is 2.28. The van der Waals surface area contributed by atoms with Crippen LogP contribution in [0, 0.1) is 0 Å². The van der Waals surface area contributed by atoms with Crippen LogP contribution < -0.4 is 10.6 Å². The van der Waals surface area contributed by atoms with E-state index < -0.39 is 6.09 Å². The zero-order valence-electron chi connectivity index (χ0n) is 12.0. The Labute approximate surface area is 123 Å². The number of methoxy groups -OCH3 is 1. The third-order valence-electron chi connectivity index (χ3n) is 4.06. The van der Waals surface area contributed by atoms with Gasteiger partial charge in [-0.25, -0.2) is 4.79 Å². The van der Waals surface area contributed by atoms with Gasteiger partial charge in [-0.3, -0.25) is 10.3 Å². The standard InChI is InChI=1S/C15H19N3O3/c1-21-15(20)18-13-10-3-2-4-11(14-16-7-8-17-14)9(10)5-6-12(13)19/h5-6,11,19H,2-4,7-8H2,1H3,(H,16,17)(H,18,20). The minimum Gasteiger partial charge on any atom is -0.506 e. The largest absolute Gasteiger partial charge is 0.506 e. The Morgan fingerprint density at radius 2 is 2.38 bits per heavy atom. The number of carbonyl (C=O) groups excluding carboxylic acids is 1. The molecule has 0 saturated heterocycles. The Bertz CT molecular complexity index is 598. The number of nitrogens with one attached hydrogen (secondary N) is 2. The van der Waals surface area contributed by atoms with Crippen molar-refractivity contribution in [3.8, 4) is 5.75 Å². The molecule has 0 saturated carbocycles. The molecule has 2 aliphatic rings. The van der Waals surface area contributed by atoms with Crippen molar-refractivity contribution >= 4 is 17.6 Å². The Balaban J connectivity index is 2.00. The number of phenolic OH excluding ortho intramolecular Hbond substituents is 1. The number of benzene rings is 1. The molecule has 6 heteroatoms. The molecule has 1 unspecified atom stereocenters. The maximum atomic E-state index is 11.5. The predicted molar refractivity (Wildman–Crippen MR) is 80.1 cm³/mol. The first-order valence-corrected chi connectivity index (χ1v) is 7.18. The minimum absolute atomic E-state index is 0.0705. The van der Waals surface area contributed by atoms with Gasteiger partial charge in [-0.15, -0.1) is 0 Å². The van der Waals surface area contributed by atoms with E-state index in [-0.39, 0.29) is 11.7 Å². The molecule has 0 fully saturated rings. The zero-order chi connectivity index (χ0) is 14.8. The molecule has 0 spiro atoms. The number of hydrogen-bond acceptors (Lipinski definition) is 5. The van der Waals surface area contributed by atoms with E-state index in [1.165, 1.54) is 7.11 Å². The van der Waals surface area contributed by atoms with Crippen LogP contribution in [0.1, 0.15) is 29.9 Å². The van der Waals surface area contributed by atoms with Gasteiger partial charge in [0, 0.05) is 12.5 Å². The van der Waals surface area contributed by atoms with Gasteiger partial charge in [0.1, 0.15) is 11.6 Å². The normalized spacial score (nSPS) is 20.2. The molecule has 1 atom stereocenters. The fourth-order valence-electron chi connectivity index (χ4n) is 3.11. The number of carbonyl (C=O) groups is 1. The van der Waals surface area contributed by atoms with E-state index in [2.05, 4.69) is 20.4 Å². The molecule has 1 amide bonds. The number of phenols is 1. The second-order valence-electron chi connectivity index (χ2n) is 5.28. The number of fused-ring (bicyclic) bond motifs is 1. The molecule has 0 bridgehead atoms. The molecular formula is C15H19N3O3. The quantitative estimate of drug-likeness (QED) is 0.727. The van der Waals surface area contributed by atoms with Gasteiger partial charge in [0.15, 0.2) is 0 Å². The van der Waals surface area contributed by atoms with Gasteiger partial charge in [0.05, 0.1) is 19.3 Å². The van der Waals surface area contributed by atoms with Crippen molar-refractivity contribution in [2.75, 3.05) is 25.5 Å². The van der Waals surface area contributed by atoms with Gasteiger partial charge in [0.2, 0.25) is 0 Å². The second-order valence-corrected chi connectivity index (χ2v) is 5.28. The third kappa shape index (κ3) is 2.53. The number of rotatable bonds is 2. The highest BCUT2D eigenvalue weighted by Gasteiger charge is 2.29. The van der Waals surface area contributed by atoms with Crippen molar-refractivity contribution in [1.82, 2.24) is 5.32 Å². The summed E-state index contributed by atoms with van der Waals surface area (Å²) in [6.45, 7) is 1.69. The van der Waals surface area contributed by atoms with E-state index in [0.717, 1.165) is 49.3 Å². The van der Waals surface area contributed by atoms with Crippen molar-refractivity contribution in [1.29, 1.82) is 0 Å². The number of amidine groups is 1. The topological polar surface area (TPSA) is 83.0 Å². The first-order chi connectivity index (χ1) is 10.2. The molecule has 3 rings (SSSR count). The number of aromatic hydroxyl groups is 1. The number of hydrogen-bond donors (Lipinski definition) is 3. The summed E-state index contributed by atoms with van der Waals surface area (Å²) >= 11 is 0. The van der Waals surface area contributed by atoms with Crippen molar-refractivity contribution in [2.45, 2.75) is 25.2 Å². The van der Waals surface area contributed by atoms with Crippen LogP contribution in [0.5, 0.6) is 5.75 Å². The number of ether oxygens (including phenoxy) is 1. The van der Waals surface area contributed by atoms with Crippen LogP contribution in [-0.4, -0.2) is 37.2 Å². The van der Waals surface area contributed by atoms with Crippen LogP contribution in [0.3, 0.4) is 0 Å². The summed E-state index contributed by atoms with van der Waals surface area (Å²) in [5.41, 5.74) is 2.56. The van der Waals surface area contributed by atoms with Crippen LogP contribution in [0.4, 0.5) is 10.5 Å². The lowest BCUT2D eigenvalue weighted by Gasteiger charge is -2.28. The summed E-state index contributed by atoms with van der Waals surface area (Å²) in [6, 6.07) is 3.55. The van der Waals surface area contributed by atoms with Crippen LogP contribution in [0.25, 0.3) is 0 Å². The highest BCUT2D eigenvalue weighted by Crippen LogP contribution is 2.40. The Morgan fingerprint density at radius 3 is 3.10 bits per heavy atom. The van der Waals surface area contributed by atoms with Gasteiger partial charge in [-0.2, -0.15) is 0 Å². The first kappa shape index (κ1) is 13.7. The lowest BCUT2D eigenvalue weighted by atomic mass is 9.81.